The SMILES string of the molecule is CC(NC(=O)C1(Cc2nc3ccccc3s2)CCCC1)c1ccc2c(c1)OCO2. The Morgan fingerprint density at radius 1 is 1.17 bits per heavy atom. The van der Waals surface area contributed by atoms with Gasteiger partial charge < -0.3 is 14.8 Å². The first-order valence-electron chi connectivity index (χ1n) is 10.2. The van der Waals surface area contributed by atoms with Crippen LogP contribution >= 0.6 is 11.3 Å². The summed E-state index contributed by atoms with van der Waals surface area (Å²) in [4.78, 5) is 18.2. The lowest BCUT2D eigenvalue weighted by Crippen LogP contribution is -2.41. The minimum Gasteiger partial charge on any atom is -0.454 e. The number of carbonyl (C=O) groups is 1. The average Bonchev–Trinajstić information content (AvgIpc) is 3.46. The quantitative estimate of drug-likeness (QED) is 0.645. The molecule has 1 aliphatic heterocycles. The Hall–Kier alpha value is -2.60. The lowest BCUT2D eigenvalue weighted by atomic mass is 9.81. The summed E-state index contributed by atoms with van der Waals surface area (Å²) in [5.74, 6) is 1.64. The second-order valence-corrected chi connectivity index (χ2v) is 9.16. The highest BCUT2D eigenvalue weighted by Crippen LogP contribution is 2.43. The molecule has 1 aromatic heterocycles. The maximum Gasteiger partial charge on any atom is 0.231 e. The van der Waals surface area contributed by atoms with Crippen molar-refractivity contribution in [1.29, 1.82) is 0 Å². The molecule has 1 amide bonds. The summed E-state index contributed by atoms with van der Waals surface area (Å²) < 4.78 is 12.1. The smallest absolute Gasteiger partial charge is 0.231 e. The Morgan fingerprint density at radius 3 is 2.79 bits per heavy atom. The lowest BCUT2D eigenvalue weighted by molar-refractivity contribution is -0.131. The molecule has 5 rings (SSSR count). The van der Waals surface area contributed by atoms with E-state index in [1.807, 2.05) is 43.3 Å². The third-order valence-electron chi connectivity index (χ3n) is 6.11. The Balaban J connectivity index is 1.35. The summed E-state index contributed by atoms with van der Waals surface area (Å²) in [6.45, 7) is 2.28. The topological polar surface area (TPSA) is 60.5 Å². The maximum atomic E-state index is 13.4. The van der Waals surface area contributed by atoms with Gasteiger partial charge in [0.1, 0.15) is 0 Å². The van der Waals surface area contributed by atoms with Crippen LogP contribution in [0.5, 0.6) is 11.5 Å². The number of nitrogens with one attached hydrogen (secondary N) is 1. The molecule has 0 saturated heterocycles. The summed E-state index contributed by atoms with van der Waals surface area (Å²) in [7, 11) is 0. The number of carbonyl (C=O) groups excluding carboxylic acids is 1. The Morgan fingerprint density at radius 2 is 1.97 bits per heavy atom. The fraction of sp³-hybridized carbons (Fsp3) is 0.391. The van der Waals surface area contributed by atoms with Gasteiger partial charge in [-0.1, -0.05) is 31.0 Å². The molecule has 6 heteroatoms. The van der Waals surface area contributed by atoms with Gasteiger partial charge in [0.05, 0.1) is 26.7 Å². The number of ether oxygens (including phenoxy) is 2. The number of rotatable bonds is 5. The number of thiazole rings is 1. The summed E-state index contributed by atoms with van der Waals surface area (Å²) in [6.07, 6.45) is 4.74. The highest BCUT2D eigenvalue weighted by Gasteiger charge is 2.42. The molecule has 1 atom stereocenters. The largest absolute Gasteiger partial charge is 0.454 e. The summed E-state index contributed by atoms with van der Waals surface area (Å²) >= 11 is 1.71. The van der Waals surface area contributed by atoms with Crippen LogP contribution in [0.4, 0.5) is 0 Å². The lowest BCUT2D eigenvalue weighted by Gasteiger charge is -2.29. The summed E-state index contributed by atoms with van der Waals surface area (Å²) in [6, 6.07) is 14.0. The molecular formula is C23H24N2O3S. The van der Waals surface area contributed by atoms with Crippen LogP contribution in [-0.4, -0.2) is 17.7 Å². The molecule has 1 aliphatic carbocycles. The first-order valence-corrected chi connectivity index (χ1v) is 11.0. The van der Waals surface area contributed by atoms with Gasteiger partial charge in [-0.3, -0.25) is 4.79 Å². The molecule has 1 unspecified atom stereocenters. The zero-order chi connectivity index (χ0) is 19.8. The second kappa shape index (κ2) is 7.34. The number of amides is 1. The molecule has 0 radical (unpaired) electrons. The van der Waals surface area contributed by atoms with Crippen molar-refractivity contribution >= 4 is 27.5 Å². The van der Waals surface area contributed by atoms with Gasteiger partial charge >= 0.3 is 0 Å². The maximum absolute atomic E-state index is 13.4. The van der Waals surface area contributed by atoms with Gasteiger partial charge in [-0.25, -0.2) is 4.98 Å². The Labute approximate surface area is 174 Å². The molecule has 0 bridgehead atoms. The van der Waals surface area contributed by atoms with E-state index >= 15 is 0 Å². The van der Waals surface area contributed by atoms with E-state index < -0.39 is 0 Å². The third-order valence-corrected chi connectivity index (χ3v) is 7.15. The number of hydrogen-bond acceptors (Lipinski definition) is 5. The molecule has 2 heterocycles. The molecule has 1 saturated carbocycles. The van der Waals surface area contributed by atoms with Gasteiger partial charge in [-0.05, 0) is 49.6 Å². The number of fused-ring (bicyclic) bond motifs is 2. The van der Waals surface area contributed by atoms with Crippen molar-refractivity contribution in [2.75, 3.05) is 6.79 Å². The molecular weight excluding hydrogens is 384 g/mol. The molecule has 5 nitrogen and oxygen atoms in total. The van der Waals surface area contributed by atoms with Gasteiger partial charge in [-0.2, -0.15) is 0 Å². The molecule has 2 aromatic carbocycles. The molecule has 0 spiro atoms. The van der Waals surface area contributed by atoms with Crippen molar-refractivity contribution < 1.29 is 14.3 Å². The number of aromatic nitrogens is 1. The number of para-hydroxylation sites is 1. The summed E-state index contributed by atoms with van der Waals surface area (Å²) in [5, 5.41) is 4.32. The predicted molar refractivity (Wildman–Crippen MR) is 113 cm³/mol. The number of benzene rings is 2. The normalized spacial score (nSPS) is 18.1. The van der Waals surface area contributed by atoms with Crippen LogP contribution in [0.15, 0.2) is 42.5 Å². The van der Waals surface area contributed by atoms with Crippen LogP contribution in [0.25, 0.3) is 10.2 Å². The fourth-order valence-electron chi connectivity index (χ4n) is 4.44. The highest BCUT2D eigenvalue weighted by atomic mass is 32.1. The van der Waals surface area contributed by atoms with Crippen LogP contribution in [-0.2, 0) is 11.2 Å². The van der Waals surface area contributed by atoms with Crippen molar-refractivity contribution in [2.45, 2.75) is 45.1 Å². The van der Waals surface area contributed by atoms with Gasteiger partial charge in [0, 0.05) is 6.42 Å². The van der Waals surface area contributed by atoms with E-state index in [0.717, 1.165) is 53.3 Å². The average molecular weight is 409 g/mol. The van der Waals surface area contributed by atoms with E-state index in [2.05, 4.69) is 11.4 Å². The molecule has 3 aromatic rings. The van der Waals surface area contributed by atoms with Crippen LogP contribution in [0.3, 0.4) is 0 Å². The monoisotopic (exact) mass is 408 g/mol. The predicted octanol–water partition coefficient (Wildman–Crippen LogP) is 5.01. The fourth-order valence-corrected chi connectivity index (χ4v) is 5.55. The zero-order valence-electron chi connectivity index (χ0n) is 16.4. The molecule has 29 heavy (non-hydrogen) atoms. The van der Waals surface area contributed by atoms with Crippen LogP contribution in [0, 0.1) is 5.41 Å². The third kappa shape index (κ3) is 3.46. The first-order chi connectivity index (χ1) is 14.1. The van der Waals surface area contributed by atoms with Crippen LogP contribution < -0.4 is 14.8 Å². The highest BCUT2D eigenvalue weighted by molar-refractivity contribution is 7.18. The summed E-state index contributed by atoms with van der Waals surface area (Å²) in [5.41, 5.74) is 1.68. The van der Waals surface area contributed by atoms with Crippen molar-refractivity contribution in [3.63, 3.8) is 0 Å². The van der Waals surface area contributed by atoms with Crippen molar-refractivity contribution in [3.8, 4) is 11.5 Å². The van der Waals surface area contributed by atoms with Crippen LogP contribution in [0.2, 0.25) is 0 Å². The van der Waals surface area contributed by atoms with Crippen LogP contribution in [0.1, 0.15) is 49.2 Å². The first kappa shape index (κ1) is 18.4. The molecule has 1 N–H and O–H groups in total. The van der Waals surface area contributed by atoms with E-state index in [9.17, 15) is 4.79 Å². The Bertz CT molecular complexity index is 1020. The minimum atomic E-state index is -0.363. The molecule has 1 fully saturated rings. The van der Waals surface area contributed by atoms with Crippen molar-refractivity contribution in [2.24, 2.45) is 5.41 Å². The van der Waals surface area contributed by atoms with Gasteiger partial charge in [0.2, 0.25) is 12.7 Å². The second-order valence-electron chi connectivity index (χ2n) is 8.05. The number of nitrogens with zero attached hydrogens (tertiary/aromatic N) is 1. The Kier molecular flexibility index (Phi) is 4.66. The zero-order valence-corrected chi connectivity index (χ0v) is 17.3. The standard InChI is InChI=1S/C23H24N2O3S/c1-15(16-8-9-18-19(12-16)28-14-27-18)24-22(26)23(10-4-5-11-23)13-21-25-17-6-2-3-7-20(17)29-21/h2-3,6-9,12,15H,4-5,10-11,13-14H2,1H3,(H,24,26). The van der Waals surface area contributed by atoms with Gasteiger partial charge in [0.25, 0.3) is 0 Å². The van der Waals surface area contributed by atoms with Gasteiger partial charge in [0.15, 0.2) is 11.5 Å². The van der Waals surface area contributed by atoms with E-state index in [0.29, 0.717) is 6.42 Å². The van der Waals surface area contributed by atoms with E-state index in [4.69, 9.17) is 14.5 Å². The molecule has 2 aliphatic rings. The molecule has 150 valence electrons. The van der Waals surface area contributed by atoms with E-state index in [1.54, 1.807) is 11.3 Å². The van der Waals surface area contributed by atoms with Gasteiger partial charge in [-0.15, -0.1) is 11.3 Å². The van der Waals surface area contributed by atoms with E-state index in [1.165, 1.54) is 4.70 Å². The van der Waals surface area contributed by atoms with Crippen molar-refractivity contribution in [1.82, 2.24) is 10.3 Å². The number of hydrogen-bond donors (Lipinski definition) is 1. The van der Waals surface area contributed by atoms with E-state index in [-0.39, 0.29) is 24.2 Å². The minimum absolute atomic E-state index is 0.0927. The van der Waals surface area contributed by atoms with Crippen molar-refractivity contribution in [3.05, 3.63) is 53.0 Å².